The van der Waals surface area contributed by atoms with Crippen molar-refractivity contribution in [2.45, 2.75) is 32.1 Å². The summed E-state index contributed by atoms with van der Waals surface area (Å²) in [5.41, 5.74) is 2.90. The third-order valence-electron chi connectivity index (χ3n) is 5.83. The summed E-state index contributed by atoms with van der Waals surface area (Å²) in [7, 11) is 0. The lowest BCUT2D eigenvalue weighted by Crippen LogP contribution is -2.10. The van der Waals surface area contributed by atoms with Crippen molar-refractivity contribution < 1.29 is 4.74 Å². The molecule has 0 bridgehead atoms. The number of fused-ring (bicyclic) bond motifs is 3. The van der Waals surface area contributed by atoms with E-state index in [1.165, 1.54) is 12.4 Å². The maximum Gasteiger partial charge on any atom is 0.232 e. The van der Waals surface area contributed by atoms with E-state index in [0.717, 1.165) is 41.9 Å². The highest BCUT2D eigenvalue weighted by Gasteiger charge is 2.37. The van der Waals surface area contributed by atoms with Crippen LogP contribution in [0.4, 0.5) is 0 Å². The molecule has 0 aromatic carbocycles. The van der Waals surface area contributed by atoms with Crippen LogP contribution < -0.4 is 4.74 Å². The van der Waals surface area contributed by atoms with Crippen molar-refractivity contribution in [2.24, 2.45) is 11.8 Å². The number of hydrogen-bond donors (Lipinski definition) is 1. The smallest absolute Gasteiger partial charge is 0.232 e. The van der Waals surface area contributed by atoms with Crippen LogP contribution in [0.3, 0.4) is 0 Å². The van der Waals surface area contributed by atoms with E-state index in [2.05, 4.69) is 41.5 Å². The Hall–Kier alpha value is -3.54. The standard InChI is InChI=1S/C20H20N8O/c1-2-13-5-12(11-29-18-10-23-14(7-21)8-24-18)6-15(13)20-27-26-17-9-25-19-16(28(17)20)3-4-22-19/h3-4,8-10,12-13,15,22H,2,5-6,11H2,1H3/t12?,13-,15+/m0/s1. The van der Waals surface area contributed by atoms with Gasteiger partial charge in [0, 0.05) is 12.1 Å². The van der Waals surface area contributed by atoms with Crippen molar-refractivity contribution >= 4 is 16.8 Å². The van der Waals surface area contributed by atoms with E-state index in [1.54, 1.807) is 6.20 Å². The van der Waals surface area contributed by atoms with Gasteiger partial charge in [0.2, 0.25) is 5.88 Å². The minimum atomic E-state index is 0.286. The molecular weight excluding hydrogens is 368 g/mol. The predicted octanol–water partition coefficient (Wildman–Crippen LogP) is 2.87. The third kappa shape index (κ3) is 3.06. The van der Waals surface area contributed by atoms with E-state index >= 15 is 0 Å². The van der Waals surface area contributed by atoms with Gasteiger partial charge in [-0.3, -0.25) is 4.40 Å². The Morgan fingerprint density at radius 2 is 2.14 bits per heavy atom. The summed E-state index contributed by atoms with van der Waals surface area (Å²) < 4.78 is 7.98. The van der Waals surface area contributed by atoms with Crippen LogP contribution in [-0.4, -0.2) is 41.1 Å². The highest BCUT2D eigenvalue weighted by molar-refractivity contribution is 5.74. The van der Waals surface area contributed by atoms with Crippen molar-refractivity contribution in [3.05, 3.63) is 42.4 Å². The number of hydrogen-bond acceptors (Lipinski definition) is 7. The maximum absolute atomic E-state index is 8.82. The molecule has 0 amide bonds. The molecule has 1 saturated carbocycles. The van der Waals surface area contributed by atoms with E-state index in [0.29, 0.717) is 30.2 Å². The average Bonchev–Trinajstić information content (AvgIpc) is 3.48. The van der Waals surface area contributed by atoms with Crippen LogP contribution in [0.25, 0.3) is 16.8 Å². The average molecular weight is 388 g/mol. The van der Waals surface area contributed by atoms with Gasteiger partial charge in [-0.25, -0.2) is 15.0 Å². The largest absolute Gasteiger partial charge is 0.476 e. The van der Waals surface area contributed by atoms with Crippen LogP contribution >= 0.6 is 0 Å². The molecule has 9 nitrogen and oxygen atoms in total. The van der Waals surface area contributed by atoms with E-state index in [4.69, 9.17) is 10.00 Å². The zero-order valence-corrected chi connectivity index (χ0v) is 16.0. The molecular formula is C20H20N8O. The van der Waals surface area contributed by atoms with Gasteiger partial charge >= 0.3 is 0 Å². The molecule has 29 heavy (non-hydrogen) atoms. The molecule has 5 rings (SSSR count). The summed E-state index contributed by atoms with van der Waals surface area (Å²) in [6.45, 7) is 2.80. The number of ether oxygens (including phenoxy) is 1. The van der Waals surface area contributed by atoms with Gasteiger partial charge in [0.1, 0.15) is 11.9 Å². The van der Waals surface area contributed by atoms with Crippen molar-refractivity contribution in [3.63, 3.8) is 0 Å². The first-order chi connectivity index (χ1) is 14.3. The quantitative estimate of drug-likeness (QED) is 0.558. The number of H-pyrrole nitrogens is 1. The lowest BCUT2D eigenvalue weighted by molar-refractivity contribution is 0.238. The molecule has 4 aromatic rings. The van der Waals surface area contributed by atoms with Gasteiger partial charge in [-0.1, -0.05) is 13.3 Å². The lowest BCUT2D eigenvalue weighted by atomic mass is 9.93. The van der Waals surface area contributed by atoms with Crippen LogP contribution in [0.15, 0.2) is 30.9 Å². The summed E-state index contributed by atoms with van der Waals surface area (Å²) in [4.78, 5) is 15.7. The SMILES string of the molecule is CC[C@H]1CC(COc2cnc(C#N)cn2)C[C@H]1c1nnc2cnc3[nH]ccc3n12. The molecule has 1 aliphatic rings. The highest BCUT2D eigenvalue weighted by Crippen LogP contribution is 2.44. The summed E-state index contributed by atoms with van der Waals surface area (Å²) in [5.74, 6) is 2.69. The van der Waals surface area contributed by atoms with Crippen LogP contribution in [0.1, 0.15) is 43.6 Å². The van der Waals surface area contributed by atoms with Gasteiger partial charge < -0.3 is 9.72 Å². The Labute approximate surface area is 166 Å². The van der Waals surface area contributed by atoms with Gasteiger partial charge in [0.05, 0.1) is 30.7 Å². The number of aromatic nitrogens is 7. The zero-order chi connectivity index (χ0) is 19.8. The maximum atomic E-state index is 8.82. The second-order valence-corrected chi connectivity index (χ2v) is 7.50. The summed E-state index contributed by atoms with van der Waals surface area (Å²) in [6.07, 6.45) is 9.72. The van der Waals surface area contributed by atoms with Crippen LogP contribution in [0, 0.1) is 23.2 Å². The normalized spacial score (nSPS) is 21.6. The van der Waals surface area contributed by atoms with E-state index < -0.39 is 0 Å². The van der Waals surface area contributed by atoms with Crippen molar-refractivity contribution in [3.8, 4) is 11.9 Å². The van der Waals surface area contributed by atoms with Crippen molar-refractivity contribution in [1.29, 1.82) is 5.26 Å². The Balaban J connectivity index is 1.37. The van der Waals surface area contributed by atoms with E-state index in [-0.39, 0.29) is 5.69 Å². The first kappa shape index (κ1) is 17.6. The summed E-state index contributed by atoms with van der Waals surface area (Å²) >= 11 is 0. The second kappa shape index (κ2) is 7.13. The van der Waals surface area contributed by atoms with Crippen LogP contribution in [0.5, 0.6) is 5.88 Å². The molecule has 1 fully saturated rings. The Morgan fingerprint density at radius 3 is 2.93 bits per heavy atom. The molecule has 146 valence electrons. The van der Waals surface area contributed by atoms with Crippen LogP contribution in [0.2, 0.25) is 0 Å². The zero-order valence-electron chi connectivity index (χ0n) is 16.0. The van der Waals surface area contributed by atoms with Gasteiger partial charge in [-0.2, -0.15) is 5.26 Å². The Bertz CT molecular complexity index is 1190. The van der Waals surface area contributed by atoms with E-state index in [9.17, 15) is 0 Å². The Morgan fingerprint density at radius 1 is 1.21 bits per heavy atom. The number of nitriles is 1. The molecule has 0 spiro atoms. The first-order valence-electron chi connectivity index (χ1n) is 9.79. The fraction of sp³-hybridized carbons (Fsp3) is 0.400. The van der Waals surface area contributed by atoms with Gasteiger partial charge in [-0.05, 0) is 30.7 Å². The molecule has 4 heterocycles. The lowest BCUT2D eigenvalue weighted by Gasteiger charge is -2.16. The molecule has 1 N–H and O–H groups in total. The third-order valence-corrected chi connectivity index (χ3v) is 5.83. The number of nitrogens with zero attached hydrogens (tertiary/aromatic N) is 7. The van der Waals surface area contributed by atoms with Crippen molar-refractivity contribution in [2.75, 3.05) is 6.61 Å². The molecule has 0 saturated heterocycles. The van der Waals surface area contributed by atoms with Crippen LogP contribution in [-0.2, 0) is 0 Å². The minimum absolute atomic E-state index is 0.286. The predicted molar refractivity (Wildman–Crippen MR) is 104 cm³/mol. The second-order valence-electron chi connectivity index (χ2n) is 7.50. The Kier molecular flexibility index (Phi) is 4.31. The monoisotopic (exact) mass is 388 g/mol. The fourth-order valence-electron chi connectivity index (χ4n) is 4.43. The minimum Gasteiger partial charge on any atom is -0.476 e. The molecule has 1 aliphatic carbocycles. The summed E-state index contributed by atoms with van der Waals surface area (Å²) in [6, 6.07) is 3.98. The number of nitrogens with one attached hydrogen (secondary N) is 1. The molecule has 3 atom stereocenters. The topological polar surface area (TPSA) is 118 Å². The van der Waals surface area contributed by atoms with E-state index in [1.807, 2.05) is 18.3 Å². The highest BCUT2D eigenvalue weighted by atomic mass is 16.5. The number of rotatable bonds is 5. The van der Waals surface area contributed by atoms with Crippen molar-refractivity contribution in [1.82, 2.24) is 34.5 Å². The molecule has 1 unspecified atom stereocenters. The first-order valence-corrected chi connectivity index (χ1v) is 9.79. The fourth-order valence-corrected chi connectivity index (χ4v) is 4.43. The van der Waals surface area contributed by atoms with Gasteiger partial charge in [0.15, 0.2) is 17.0 Å². The molecule has 9 heteroatoms. The molecule has 0 radical (unpaired) electrons. The van der Waals surface area contributed by atoms with Gasteiger partial charge in [-0.15, -0.1) is 10.2 Å². The number of aromatic amines is 1. The molecule has 4 aromatic heterocycles. The van der Waals surface area contributed by atoms with Gasteiger partial charge in [0.25, 0.3) is 0 Å². The molecule has 0 aliphatic heterocycles. The summed E-state index contributed by atoms with van der Waals surface area (Å²) in [5, 5.41) is 17.7.